The highest BCUT2D eigenvalue weighted by molar-refractivity contribution is 7.86. The van der Waals surface area contributed by atoms with E-state index in [1.165, 1.54) is 48.5 Å². The average Bonchev–Trinajstić information content (AvgIpc) is 3.22. The lowest BCUT2D eigenvalue weighted by atomic mass is 10.0. The molecular weight excluding hydrogens is 579 g/mol. The quantitative estimate of drug-likeness (QED) is 0.187. The number of hydrogen-bond acceptors (Lipinski definition) is 6. The fourth-order valence-corrected chi connectivity index (χ4v) is 6.83. The predicted octanol–water partition coefficient (Wildman–Crippen LogP) is 7.74. The summed E-state index contributed by atoms with van der Waals surface area (Å²) < 4.78 is 47.2. The van der Waals surface area contributed by atoms with Gasteiger partial charge in [-0.3, -0.25) is 14.9 Å². The van der Waals surface area contributed by atoms with Gasteiger partial charge in [0.15, 0.2) is 5.69 Å². The third-order valence-electron chi connectivity index (χ3n) is 7.99. The number of nitrogens with zero attached hydrogens (tertiary/aromatic N) is 4. The van der Waals surface area contributed by atoms with E-state index in [1.807, 2.05) is 55.5 Å². The van der Waals surface area contributed by atoms with Crippen molar-refractivity contribution in [2.75, 3.05) is 11.9 Å². The van der Waals surface area contributed by atoms with Gasteiger partial charge in [0, 0.05) is 35.8 Å². The largest absolute Gasteiger partial charge is 0.468 e. The summed E-state index contributed by atoms with van der Waals surface area (Å²) in [6, 6.07) is 24.6. The SMILES string of the molecule is Cc1ccc(S(=O)(=O)O[N+]2(c3ccc(F)cc3C)C(=O)N(C)c3cnc4ccc(-c5cnc6ccccc6c5)cc4c32)cc1. The lowest BCUT2D eigenvalue weighted by molar-refractivity contribution is 0.0634. The van der Waals surface area contributed by atoms with Crippen molar-refractivity contribution in [2.45, 2.75) is 18.7 Å². The van der Waals surface area contributed by atoms with Crippen molar-refractivity contribution in [3.05, 3.63) is 120 Å². The van der Waals surface area contributed by atoms with Gasteiger partial charge in [-0.15, -0.1) is 0 Å². The number of fused-ring (bicyclic) bond motifs is 4. The Hall–Kier alpha value is -5.03. The molecule has 6 aromatic rings. The van der Waals surface area contributed by atoms with Gasteiger partial charge in [0.25, 0.3) is 0 Å². The summed E-state index contributed by atoms with van der Waals surface area (Å²) in [4.78, 5) is 24.8. The third kappa shape index (κ3) is 4.26. The number of carbonyl (C=O) groups is 1. The monoisotopic (exact) mass is 605 g/mol. The van der Waals surface area contributed by atoms with Gasteiger partial charge in [0.05, 0.1) is 27.5 Å². The normalized spacial score (nSPS) is 16.5. The number of hydroxylamine groups is 1. The summed E-state index contributed by atoms with van der Waals surface area (Å²) >= 11 is 0. The molecule has 2 aromatic heterocycles. The van der Waals surface area contributed by atoms with E-state index in [0.717, 1.165) is 27.6 Å². The smallest absolute Gasteiger partial charge is 0.256 e. The Morgan fingerprint density at radius 2 is 1.57 bits per heavy atom. The number of hydrogen-bond donors (Lipinski definition) is 0. The summed E-state index contributed by atoms with van der Waals surface area (Å²) in [5, 5.41) is 1.45. The molecule has 0 aliphatic carbocycles. The van der Waals surface area contributed by atoms with Crippen molar-refractivity contribution in [3.63, 3.8) is 0 Å². The lowest BCUT2D eigenvalue weighted by Crippen LogP contribution is -2.52. The molecule has 2 amide bonds. The first kappa shape index (κ1) is 27.8. The molecule has 0 fully saturated rings. The van der Waals surface area contributed by atoms with Gasteiger partial charge in [-0.2, -0.15) is 8.42 Å². The van der Waals surface area contributed by atoms with Crippen LogP contribution in [0.15, 0.2) is 108 Å². The third-order valence-corrected chi connectivity index (χ3v) is 9.26. The lowest BCUT2D eigenvalue weighted by Gasteiger charge is -2.28. The first-order chi connectivity index (χ1) is 21.1. The number of carbonyl (C=O) groups excluding carboxylic acids is 1. The number of aromatic nitrogens is 2. The minimum absolute atomic E-state index is 0.120. The van der Waals surface area contributed by atoms with Crippen molar-refractivity contribution in [3.8, 4) is 11.1 Å². The van der Waals surface area contributed by atoms with E-state index in [-0.39, 0.29) is 16.3 Å². The molecule has 8 nitrogen and oxygen atoms in total. The standard InChI is InChI=1S/C34H26FN4O4S/c1-21-8-12-27(13-9-21)44(41,42)43-39(32-15-11-26(35)16-22(32)2)33-28-18-23(25-17-24-6-4-5-7-29(24)36-19-25)10-14-30(28)37-20-31(33)38(3)34(39)40/h4-20H,1-3H3/q+1. The Kier molecular flexibility index (Phi) is 6.33. The van der Waals surface area contributed by atoms with Gasteiger partial charge in [0.1, 0.15) is 11.5 Å². The molecule has 0 N–H and O–H groups in total. The van der Waals surface area contributed by atoms with Gasteiger partial charge < -0.3 is 0 Å². The number of rotatable bonds is 5. The van der Waals surface area contributed by atoms with Gasteiger partial charge in [-0.05, 0) is 76.9 Å². The molecule has 0 spiro atoms. The fraction of sp³-hybridized carbons (Fsp3) is 0.0882. The molecule has 10 heteroatoms. The van der Waals surface area contributed by atoms with Crippen molar-refractivity contribution in [2.24, 2.45) is 0 Å². The van der Waals surface area contributed by atoms with Crippen molar-refractivity contribution >= 4 is 55.0 Å². The first-order valence-electron chi connectivity index (χ1n) is 13.8. The van der Waals surface area contributed by atoms with E-state index in [1.54, 1.807) is 25.3 Å². The Morgan fingerprint density at radius 3 is 2.34 bits per heavy atom. The van der Waals surface area contributed by atoms with Gasteiger partial charge in [-0.1, -0.05) is 42.0 Å². The van der Waals surface area contributed by atoms with E-state index in [4.69, 9.17) is 4.28 Å². The number of halogens is 1. The zero-order valence-electron chi connectivity index (χ0n) is 24.0. The Labute approximate surface area is 253 Å². The summed E-state index contributed by atoms with van der Waals surface area (Å²) in [6.07, 6.45) is 3.29. The van der Waals surface area contributed by atoms with Crippen LogP contribution in [0.4, 0.5) is 26.2 Å². The van der Waals surface area contributed by atoms with E-state index < -0.39 is 26.6 Å². The summed E-state index contributed by atoms with van der Waals surface area (Å²) in [6.45, 7) is 3.45. The maximum absolute atomic E-state index is 14.4. The van der Waals surface area contributed by atoms with Crippen LogP contribution in [0.3, 0.4) is 0 Å². The molecule has 1 atom stereocenters. The van der Waals surface area contributed by atoms with Crippen LogP contribution >= 0.6 is 0 Å². The molecule has 7 rings (SSSR count). The Balaban J connectivity index is 1.53. The van der Waals surface area contributed by atoms with E-state index >= 15 is 0 Å². The molecule has 0 radical (unpaired) electrons. The number of aryl methyl sites for hydroxylation is 2. The van der Waals surface area contributed by atoms with Crippen molar-refractivity contribution < 1.29 is 21.9 Å². The minimum atomic E-state index is -4.55. The fourth-order valence-electron chi connectivity index (χ4n) is 5.76. The molecule has 0 bridgehead atoms. The Bertz CT molecular complexity index is 2260. The highest BCUT2D eigenvalue weighted by Crippen LogP contribution is 2.53. The van der Waals surface area contributed by atoms with Crippen LogP contribution in [-0.2, 0) is 14.4 Å². The van der Waals surface area contributed by atoms with E-state index in [9.17, 15) is 17.6 Å². The first-order valence-corrected chi connectivity index (χ1v) is 15.2. The van der Waals surface area contributed by atoms with Gasteiger partial charge in [-0.25, -0.2) is 9.18 Å². The van der Waals surface area contributed by atoms with Crippen molar-refractivity contribution in [1.82, 2.24) is 14.6 Å². The number of benzene rings is 4. The van der Waals surface area contributed by atoms with Crippen LogP contribution in [0.25, 0.3) is 32.9 Å². The number of anilines is 1. The molecule has 1 unspecified atom stereocenters. The second-order valence-corrected chi connectivity index (χ2v) is 12.4. The number of para-hydroxylation sites is 1. The van der Waals surface area contributed by atoms with Crippen molar-refractivity contribution in [1.29, 1.82) is 0 Å². The Morgan fingerprint density at radius 1 is 0.818 bits per heavy atom. The summed E-state index contributed by atoms with van der Waals surface area (Å²) in [5.41, 5.74) is 4.93. The molecular formula is C34H26FN4O4S+. The van der Waals surface area contributed by atoms with E-state index in [0.29, 0.717) is 22.2 Å². The number of pyridine rings is 2. The summed E-state index contributed by atoms with van der Waals surface area (Å²) in [5.74, 6) is -0.531. The average molecular weight is 606 g/mol. The van der Waals surface area contributed by atoms with Gasteiger partial charge >= 0.3 is 16.1 Å². The number of amides is 2. The second kappa shape index (κ2) is 10.0. The topological polar surface area (TPSA) is 89.5 Å². The molecule has 4 aromatic carbocycles. The molecule has 3 heterocycles. The van der Waals surface area contributed by atoms with E-state index in [2.05, 4.69) is 9.97 Å². The zero-order valence-corrected chi connectivity index (χ0v) is 24.8. The molecule has 0 saturated carbocycles. The van der Waals surface area contributed by atoms with Crippen LogP contribution in [0.2, 0.25) is 0 Å². The van der Waals surface area contributed by atoms with Crippen LogP contribution in [-0.4, -0.2) is 31.5 Å². The maximum Gasteiger partial charge on any atom is 0.468 e. The molecule has 44 heavy (non-hydrogen) atoms. The number of urea groups is 1. The van der Waals surface area contributed by atoms with Gasteiger partial charge in [0.2, 0.25) is 5.69 Å². The minimum Gasteiger partial charge on any atom is -0.256 e. The second-order valence-electron chi connectivity index (χ2n) is 10.9. The molecule has 218 valence electrons. The predicted molar refractivity (Wildman–Crippen MR) is 168 cm³/mol. The summed E-state index contributed by atoms with van der Waals surface area (Å²) in [7, 11) is -3.01. The van der Waals surface area contributed by atoms with Crippen LogP contribution in [0, 0.1) is 19.7 Å². The highest BCUT2D eigenvalue weighted by atomic mass is 32.2. The van der Waals surface area contributed by atoms with Crippen LogP contribution < -0.4 is 9.55 Å². The highest BCUT2D eigenvalue weighted by Gasteiger charge is 2.60. The van der Waals surface area contributed by atoms with Crippen LogP contribution in [0.1, 0.15) is 11.1 Å². The molecule has 0 saturated heterocycles. The molecule has 1 aliphatic heterocycles. The van der Waals surface area contributed by atoms with Crippen LogP contribution in [0.5, 0.6) is 0 Å². The molecule has 1 aliphatic rings. The number of quaternary nitrogens is 1. The zero-order chi connectivity index (χ0) is 30.8. The maximum atomic E-state index is 14.4.